The van der Waals surface area contributed by atoms with Crippen LogP contribution in [0.1, 0.15) is 72.3 Å². The van der Waals surface area contributed by atoms with Gasteiger partial charge in [-0.1, -0.05) is 13.8 Å². The molecular weight excluding hydrogens is 358 g/mol. The molecule has 1 aliphatic carbocycles. The molecule has 7 heteroatoms. The van der Waals surface area contributed by atoms with Crippen LogP contribution in [0.3, 0.4) is 0 Å². The summed E-state index contributed by atoms with van der Waals surface area (Å²) in [6.45, 7) is 8.08. The maximum atomic E-state index is 13.0. The summed E-state index contributed by atoms with van der Waals surface area (Å²) in [5.41, 5.74) is 2.19. The lowest BCUT2D eigenvalue weighted by atomic mass is 9.87. The predicted octanol–water partition coefficient (Wildman–Crippen LogP) is 3.96. The topological polar surface area (TPSA) is 63.4 Å². The number of amides is 1. The molecule has 142 valence electrons. The average molecular weight is 384 g/mol. The normalized spacial score (nSPS) is 21.1. The highest BCUT2D eigenvalue weighted by Crippen LogP contribution is 2.42. The van der Waals surface area contributed by atoms with Gasteiger partial charge in [-0.05, 0) is 56.4 Å². The number of likely N-dealkylation sites (tertiary alicyclic amines) is 1. The largest absolute Gasteiger partial charge is 0.336 e. The van der Waals surface area contributed by atoms with Crippen molar-refractivity contribution in [1.82, 2.24) is 24.5 Å². The van der Waals surface area contributed by atoms with Crippen molar-refractivity contribution in [3.8, 4) is 0 Å². The Balaban J connectivity index is 1.64. The summed E-state index contributed by atoms with van der Waals surface area (Å²) in [5, 5.41) is 5.68. The number of hydrogen-bond donors (Lipinski definition) is 0. The van der Waals surface area contributed by atoms with Crippen LogP contribution in [-0.4, -0.2) is 43.5 Å². The van der Waals surface area contributed by atoms with E-state index in [1.54, 1.807) is 15.9 Å². The Morgan fingerprint density at radius 1 is 1.15 bits per heavy atom. The van der Waals surface area contributed by atoms with Gasteiger partial charge in [0, 0.05) is 18.0 Å². The van der Waals surface area contributed by atoms with Gasteiger partial charge in [0.15, 0.2) is 5.65 Å². The molecule has 3 aromatic heterocycles. The van der Waals surface area contributed by atoms with Crippen molar-refractivity contribution >= 4 is 33.1 Å². The minimum Gasteiger partial charge on any atom is -0.336 e. The van der Waals surface area contributed by atoms with E-state index in [4.69, 9.17) is 9.97 Å². The quantitative estimate of drug-likeness (QED) is 0.638. The van der Waals surface area contributed by atoms with Gasteiger partial charge in [-0.2, -0.15) is 4.52 Å². The monoisotopic (exact) mass is 383 g/mol. The van der Waals surface area contributed by atoms with Gasteiger partial charge in [-0.25, -0.2) is 9.97 Å². The molecule has 0 aromatic carbocycles. The molecule has 2 aliphatic rings. The highest BCUT2D eigenvalue weighted by molar-refractivity contribution is 7.19. The third-order valence-electron chi connectivity index (χ3n) is 6.20. The lowest BCUT2D eigenvalue weighted by molar-refractivity contribution is 0.0685. The summed E-state index contributed by atoms with van der Waals surface area (Å²) in [6, 6.07) is 0. The third kappa shape index (κ3) is 2.66. The molecule has 27 heavy (non-hydrogen) atoms. The molecule has 0 unspecified atom stereocenters. The second-order valence-corrected chi connectivity index (χ2v) is 9.30. The number of hydrogen-bond acceptors (Lipinski definition) is 5. The van der Waals surface area contributed by atoms with Crippen LogP contribution in [0.2, 0.25) is 0 Å². The molecule has 1 saturated heterocycles. The number of thiophene rings is 1. The van der Waals surface area contributed by atoms with Crippen molar-refractivity contribution < 1.29 is 4.79 Å². The molecule has 0 N–H and O–H groups in total. The van der Waals surface area contributed by atoms with Gasteiger partial charge < -0.3 is 4.90 Å². The van der Waals surface area contributed by atoms with Crippen molar-refractivity contribution in [3.63, 3.8) is 0 Å². The van der Waals surface area contributed by atoms with Crippen molar-refractivity contribution in [2.75, 3.05) is 13.1 Å². The van der Waals surface area contributed by atoms with Gasteiger partial charge in [0.1, 0.15) is 10.7 Å². The van der Waals surface area contributed by atoms with Crippen LogP contribution >= 0.6 is 11.3 Å². The molecule has 4 heterocycles. The Kier molecular flexibility index (Phi) is 3.96. The van der Waals surface area contributed by atoms with E-state index in [0.29, 0.717) is 17.7 Å². The summed E-state index contributed by atoms with van der Waals surface area (Å²) in [5.74, 6) is 2.26. The summed E-state index contributed by atoms with van der Waals surface area (Å²) in [6.07, 6.45) is 5.67. The molecule has 0 bridgehead atoms. The minimum absolute atomic E-state index is 0.0460. The van der Waals surface area contributed by atoms with Gasteiger partial charge in [-0.3, -0.25) is 4.79 Å². The molecule has 3 aromatic rings. The number of aryl methyl sites for hydroxylation is 2. The van der Waals surface area contributed by atoms with Crippen molar-refractivity contribution in [2.45, 2.75) is 58.8 Å². The fourth-order valence-electron chi connectivity index (χ4n) is 4.53. The Morgan fingerprint density at radius 3 is 2.70 bits per heavy atom. The molecular formula is C20H25N5OS. The second-order valence-electron chi connectivity index (χ2n) is 8.22. The number of aromatic nitrogens is 4. The minimum atomic E-state index is -0.0460. The zero-order valence-corrected chi connectivity index (χ0v) is 17.0. The van der Waals surface area contributed by atoms with Crippen LogP contribution in [0.25, 0.3) is 15.9 Å². The van der Waals surface area contributed by atoms with E-state index in [1.165, 1.54) is 23.3 Å². The molecule has 1 amide bonds. The van der Waals surface area contributed by atoms with Crippen molar-refractivity contribution in [2.24, 2.45) is 5.92 Å². The van der Waals surface area contributed by atoms with Gasteiger partial charge >= 0.3 is 0 Å². The summed E-state index contributed by atoms with van der Waals surface area (Å²) in [4.78, 5) is 26.9. The Hall–Kier alpha value is -2.02. The Labute approximate surface area is 162 Å². The van der Waals surface area contributed by atoms with Crippen LogP contribution in [0, 0.1) is 12.8 Å². The van der Waals surface area contributed by atoms with E-state index in [0.717, 1.165) is 54.0 Å². The molecule has 1 aliphatic heterocycles. The second kappa shape index (κ2) is 6.26. The van der Waals surface area contributed by atoms with Crippen LogP contribution in [0.15, 0.2) is 0 Å². The molecule has 1 fully saturated rings. The zero-order chi connectivity index (χ0) is 18.7. The summed E-state index contributed by atoms with van der Waals surface area (Å²) >= 11 is 1.79. The van der Waals surface area contributed by atoms with Crippen LogP contribution in [0.4, 0.5) is 0 Å². The Morgan fingerprint density at radius 2 is 1.93 bits per heavy atom. The van der Waals surface area contributed by atoms with E-state index >= 15 is 0 Å². The molecule has 0 saturated carbocycles. The van der Waals surface area contributed by atoms with Crippen molar-refractivity contribution in [3.05, 3.63) is 22.1 Å². The average Bonchev–Trinajstić information content (AvgIpc) is 3.24. The molecule has 1 atom stereocenters. The number of piperidine rings is 1. The van der Waals surface area contributed by atoms with E-state index < -0.39 is 0 Å². The number of rotatable bonds is 1. The molecule has 0 spiro atoms. The number of fused-ring (bicyclic) bond motifs is 5. The standard InChI is InChI=1S/C20H25N5OS/c1-11-7-9-24(10-8-11)20(26)17-22-18-16-15-12(2)5-4-6-14(15)27-19(16)21-13(3)25(18)23-17/h11-12H,4-10H2,1-3H3/t12-/m1/s1. The highest BCUT2D eigenvalue weighted by Gasteiger charge is 2.29. The fraction of sp³-hybridized carbons (Fsp3) is 0.600. The first-order chi connectivity index (χ1) is 13.0. The first-order valence-electron chi connectivity index (χ1n) is 10.0. The zero-order valence-electron chi connectivity index (χ0n) is 16.2. The van der Waals surface area contributed by atoms with Gasteiger partial charge in [-0.15, -0.1) is 16.4 Å². The number of nitrogens with zero attached hydrogens (tertiary/aromatic N) is 5. The molecule has 6 nitrogen and oxygen atoms in total. The molecule has 5 rings (SSSR count). The van der Waals surface area contributed by atoms with Crippen molar-refractivity contribution in [1.29, 1.82) is 0 Å². The molecule has 0 radical (unpaired) electrons. The number of carbonyl (C=O) groups excluding carboxylic acids is 1. The Bertz CT molecular complexity index is 1040. The summed E-state index contributed by atoms with van der Waals surface area (Å²) < 4.78 is 1.77. The van der Waals surface area contributed by atoms with Gasteiger partial charge in [0.2, 0.25) is 5.82 Å². The van der Waals surface area contributed by atoms with Gasteiger partial charge in [0.25, 0.3) is 5.91 Å². The van der Waals surface area contributed by atoms with Crippen LogP contribution in [-0.2, 0) is 6.42 Å². The lowest BCUT2D eigenvalue weighted by Crippen LogP contribution is -2.38. The number of carbonyl (C=O) groups is 1. The van der Waals surface area contributed by atoms with Crippen LogP contribution in [0.5, 0.6) is 0 Å². The highest BCUT2D eigenvalue weighted by atomic mass is 32.1. The smallest absolute Gasteiger partial charge is 0.293 e. The van der Waals surface area contributed by atoms with Crippen LogP contribution < -0.4 is 0 Å². The van der Waals surface area contributed by atoms with E-state index in [1.807, 2.05) is 11.8 Å². The van der Waals surface area contributed by atoms with E-state index in [9.17, 15) is 4.79 Å². The lowest BCUT2D eigenvalue weighted by Gasteiger charge is -2.29. The maximum Gasteiger partial charge on any atom is 0.293 e. The first kappa shape index (κ1) is 17.1. The third-order valence-corrected chi connectivity index (χ3v) is 7.36. The van der Waals surface area contributed by atoms with E-state index in [2.05, 4.69) is 18.9 Å². The SMILES string of the molecule is Cc1nc2sc3c(c2c2nc(C(=O)N4CCC(C)CC4)nn12)[C@H](C)CCC3. The van der Waals surface area contributed by atoms with Gasteiger partial charge in [0.05, 0.1) is 5.39 Å². The van der Waals surface area contributed by atoms with E-state index in [-0.39, 0.29) is 5.91 Å². The predicted molar refractivity (Wildman–Crippen MR) is 107 cm³/mol. The maximum absolute atomic E-state index is 13.0. The summed E-state index contributed by atoms with van der Waals surface area (Å²) in [7, 11) is 0. The first-order valence-corrected chi connectivity index (χ1v) is 10.8. The fourth-order valence-corrected chi connectivity index (χ4v) is 5.90.